The van der Waals surface area contributed by atoms with Crippen LogP contribution in [0.15, 0.2) is 0 Å². The number of hydrogen-bond donors (Lipinski definition) is 1. The summed E-state index contributed by atoms with van der Waals surface area (Å²) in [6, 6.07) is 0. The van der Waals surface area contributed by atoms with Crippen LogP contribution in [0.1, 0.15) is 96.8 Å². The summed E-state index contributed by atoms with van der Waals surface area (Å²) in [5.41, 5.74) is -0.356. The predicted octanol–water partition coefficient (Wildman–Crippen LogP) is 5.80. The first-order chi connectivity index (χ1) is 10.2. The van der Waals surface area contributed by atoms with Gasteiger partial charge < -0.3 is 5.11 Å². The first kappa shape index (κ1) is 16.8. The lowest BCUT2D eigenvalue weighted by atomic mass is 9.60. The van der Waals surface area contributed by atoms with E-state index in [2.05, 4.69) is 6.92 Å². The van der Waals surface area contributed by atoms with Crippen LogP contribution in [0.5, 0.6) is 0 Å². The molecule has 0 spiro atoms. The summed E-state index contributed by atoms with van der Waals surface area (Å²) in [6.07, 6.45) is 17.1. The monoisotopic (exact) mass is 294 g/mol. The maximum atomic E-state index is 11.9. The SMILES string of the molecule is CCCCCC[C@H]1CC[C@H](C2(C(=O)O)CCCCC2)CC1. The third kappa shape index (κ3) is 4.23. The molecule has 0 radical (unpaired) electrons. The zero-order valence-electron chi connectivity index (χ0n) is 13.9. The number of unbranched alkanes of at least 4 members (excludes halogenated alkanes) is 3. The van der Waals surface area contributed by atoms with Crippen molar-refractivity contribution in [3.05, 3.63) is 0 Å². The molecule has 2 nitrogen and oxygen atoms in total. The molecule has 0 aromatic carbocycles. The van der Waals surface area contributed by atoms with E-state index in [0.717, 1.165) is 31.6 Å². The van der Waals surface area contributed by atoms with Crippen LogP contribution < -0.4 is 0 Å². The van der Waals surface area contributed by atoms with E-state index >= 15 is 0 Å². The van der Waals surface area contributed by atoms with Crippen LogP contribution >= 0.6 is 0 Å². The number of carboxylic acid groups (broad SMARTS) is 1. The van der Waals surface area contributed by atoms with Gasteiger partial charge in [0.15, 0.2) is 0 Å². The summed E-state index contributed by atoms with van der Waals surface area (Å²) in [7, 11) is 0. The molecule has 21 heavy (non-hydrogen) atoms. The second-order valence-corrected chi connectivity index (χ2v) is 7.59. The number of rotatable bonds is 7. The Balaban J connectivity index is 1.80. The van der Waals surface area contributed by atoms with E-state index in [0.29, 0.717) is 5.92 Å². The van der Waals surface area contributed by atoms with E-state index < -0.39 is 5.97 Å². The average molecular weight is 294 g/mol. The Morgan fingerprint density at radius 1 is 1.00 bits per heavy atom. The zero-order chi connectivity index (χ0) is 15.1. The molecule has 0 bridgehead atoms. The molecule has 0 aliphatic heterocycles. The average Bonchev–Trinajstić information content (AvgIpc) is 2.53. The van der Waals surface area contributed by atoms with E-state index in [1.54, 1.807) is 0 Å². The molecule has 2 aliphatic rings. The van der Waals surface area contributed by atoms with Gasteiger partial charge in [-0.1, -0.05) is 71.1 Å². The van der Waals surface area contributed by atoms with Crippen molar-refractivity contribution in [3.63, 3.8) is 0 Å². The van der Waals surface area contributed by atoms with Crippen molar-refractivity contribution in [1.82, 2.24) is 0 Å². The third-order valence-corrected chi connectivity index (χ3v) is 6.27. The molecular formula is C19H34O2. The van der Waals surface area contributed by atoms with E-state index in [1.807, 2.05) is 0 Å². The van der Waals surface area contributed by atoms with Crippen molar-refractivity contribution in [2.75, 3.05) is 0 Å². The van der Waals surface area contributed by atoms with Gasteiger partial charge in [-0.25, -0.2) is 0 Å². The first-order valence-electron chi connectivity index (χ1n) is 9.42. The van der Waals surface area contributed by atoms with Crippen LogP contribution in [-0.4, -0.2) is 11.1 Å². The standard InChI is InChI=1S/C19H34O2/c1-2-3-4-6-9-16-10-12-17(13-11-16)19(18(20)21)14-7-5-8-15-19/h16-17H,2-15H2,1H3,(H,20,21)/t16-,17-. The fourth-order valence-corrected chi connectivity index (χ4v) is 4.84. The van der Waals surface area contributed by atoms with Gasteiger partial charge in [-0.15, -0.1) is 0 Å². The molecule has 0 heterocycles. The predicted molar refractivity (Wildman–Crippen MR) is 87.4 cm³/mol. The minimum Gasteiger partial charge on any atom is -0.481 e. The van der Waals surface area contributed by atoms with Crippen LogP contribution in [0, 0.1) is 17.3 Å². The molecule has 2 fully saturated rings. The normalized spacial score (nSPS) is 29.2. The molecule has 0 amide bonds. The maximum absolute atomic E-state index is 11.9. The van der Waals surface area contributed by atoms with Gasteiger partial charge in [0.1, 0.15) is 0 Å². The molecule has 1 N–H and O–H groups in total. The van der Waals surface area contributed by atoms with Gasteiger partial charge in [0, 0.05) is 0 Å². The van der Waals surface area contributed by atoms with Gasteiger partial charge in [0.25, 0.3) is 0 Å². The highest BCUT2D eigenvalue weighted by atomic mass is 16.4. The first-order valence-corrected chi connectivity index (χ1v) is 9.42. The lowest BCUT2D eigenvalue weighted by Gasteiger charge is -2.43. The topological polar surface area (TPSA) is 37.3 Å². The number of carbonyl (C=O) groups is 1. The largest absolute Gasteiger partial charge is 0.481 e. The summed E-state index contributed by atoms with van der Waals surface area (Å²) in [4.78, 5) is 11.9. The van der Waals surface area contributed by atoms with Gasteiger partial charge in [0.05, 0.1) is 5.41 Å². The lowest BCUT2D eigenvalue weighted by Crippen LogP contribution is -2.42. The van der Waals surface area contributed by atoms with Crippen LogP contribution in [0.4, 0.5) is 0 Å². The number of hydrogen-bond acceptors (Lipinski definition) is 1. The summed E-state index contributed by atoms with van der Waals surface area (Å²) in [5, 5.41) is 9.81. The molecule has 0 saturated heterocycles. The number of carboxylic acids is 1. The lowest BCUT2D eigenvalue weighted by molar-refractivity contribution is -0.157. The molecule has 2 saturated carbocycles. The highest BCUT2D eigenvalue weighted by molar-refractivity contribution is 5.75. The van der Waals surface area contributed by atoms with Crippen molar-refractivity contribution in [2.24, 2.45) is 17.3 Å². The summed E-state index contributed by atoms with van der Waals surface area (Å²) in [5.74, 6) is 0.850. The Labute approximate surface area is 130 Å². The van der Waals surface area contributed by atoms with Gasteiger partial charge in [-0.05, 0) is 37.5 Å². The fourth-order valence-electron chi connectivity index (χ4n) is 4.84. The quantitative estimate of drug-likeness (QED) is 0.603. The Hall–Kier alpha value is -0.530. The second-order valence-electron chi connectivity index (χ2n) is 7.59. The summed E-state index contributed by atoms with van der Waals surface area (Å²) < 4.78 is 0. The fraction of sp³-hybridized carbons (Fsp3) is 0.947. The Morgan fingerprint density at radius 3 is 2.24 bits per heavy atom. The number of aliphatic carboxylic acids is 1. The molecule has 0 atom stereocenters. The Kier molecular flexibility index (Phi) is 6.57. The molecule has 122 valence electrons. The van der Waals surface area contributed by atoms with E-state index in [1.165, 1.54) is 64.2 Å². The van der Waals surface area contributed by atoms with Crippen molar-refractivity contribution in [1.29, 1.82) is 0 Å². The van der Waals surface area contributed by atoms with E-state index in [-0.39, 0.29) is 5.41 Å². The third-order valence-electron chi connectivity index (χ3n) is 6.27. The smallest absolute Gasteiger partial charge is 0.309 e. The Bertz CT molecular complexity index is 310. The molecule has 2 heteroatoms. The molecule has 0 unspecified atom stereocenters. The minimum atomic E-state index is -0.492. The zero-order valence-corrected chi connectivity index (χ0v) is 13.9. The van der Waals surface area contributed by atoms with Crippen LogP contribution in [0.2, 0.25) is 0 Å². The highest BCUT2D eigenvalue weighted by Crippen LogP contribution is 2.49. The second kappa shape index (κ2) is 8.19. The van der Waals surface area contributed by atoms with Gasteiger partial charge in [0.2, 0.25) is 0 Å². The van der Waals surface area contributed by atoms with Crippen LogP contribution in [-0.2, 0) is 4.79 Å². The highest BCUT2D eigenvalue weighted by Gasteiger charge is 2.46. The van der Waals surface area contributed by atoms with Crippen molar-refractivity contribution < 1.29 is 9.90 Å². The van der Waals surface area contributed by atoms with Crippen molar-refractivity contribution in [2.45, 2.75) is 96.8 Å². The molecule has 0 aromatic heterocycles. The molecule has 0 aromatic rings. The van der Waals surface area contributed by atoms with Crippen LogP contribution in [0.25, 0.3) is 0 Å². The van der Waals surface area contributed by atoms with Crippen molar-refractivity contribution in [3.8, 4) is 0 Å². The molecular weight excluding hydrogens is 260 g/mol. The summed E-state index contributed by atoms with van der Waals surface area (Å²) in [6.45, 7) is 2.26. The van der Waals surface area contributed by atoms with E-state index in [9.17, 15) is 9.90 Å². The molecule has 2 rings (SSSR count). The van der Waals surface area contributed by atoms with Crippen molar-refractivity contribution >= 4 is 5.97 Å². The van der Waals surface area contributed by atoms with Crippen LogP contribution in [0.3, 0.4) is 0 Å². The summed E-state index contributed by atoms with van der Waals surface area (Å²) >= 11 is 0. The van der Waals surface area contributed by atoms with E-state index in [4.69, 9.17) is 0 Å². The Morgan fingerprint density at radius 2 is 1.67 bits per heavy atom. The van der Waals surface area contributed by atoms with Gasteiger partial charge in [-0.3, -0.25) is 4.79 Å². The maximum Gasteiger partial charge on any atom is 0.309 e. The van der Waals surface area contributed by atoms with Gasteiger partial charge >= 0.3 is 5.97 Å². The van der Waals surface area contributed by atoms with Gasteiger partial charge in [-0.2, -0.15) is 0 Å². The minimum absolute atomic E-state index is 0.356. The molecule has 2 aliphatic carbocycles.